The van der Waals surface area contributed by atoms with E-state index in [-0.39, 0.29) is 6.04 Å². The maximum atomic E-state index is 11.1. The molecule has 0 saturated heterocycles. The van der Waals surface area contributed by atoms with Crippen molar-refractivity contribution in [3.8, 4) is 0 Å². The van der Waals surface area contributed by atoms with Gasteiger partial charge >= 0.3 is 5.97 Å². The molecule has 0 aliphatic carbocycles. The third kappa shape index (κ3) is 2.89. The minimum absolute atomic E-state index is 0.00472. The minimum Gasteiger partial charge on any atom is -0.478 e. The van der Waals surface area contributed by atoms with Crippen LogP contribution in [-0.4, -0.2) is 18.1 Å². The van der Waals surface area contributed by atoms with Gasteiger partial charge in [-0.05, 0) is 49.7 Å². The standard InChI is InChI=1S/C17H19NO2/c1-11-7-8-15(12(2)9-11)16(18-3)13-5-4-6-14(10-13)17(19)20/h4-10,16,18H,1-3H3,(H,19,20). The molecule has 1 atom stereocenters. The van der Waals surface area contributed by atoms with Crippen LogP contribution in [0.2, 0.25) is 0 Å². The summed E-state index contributed by atoms with van der Waals surface area (Å²) in [4.78, 5) is 11.1. The summed E-state index contributed by atoms with van der Waals surface area (Å²) < 4.78 is 0. The van der Waals surface area contributed by atoms with Crippen molar-refractivity contribution >= 4 is 5.97 Å². The topological polar surface area (TPSA) is 49.3 Å². The van der Waals surface area contributed by atoms with Crippen LogP contribution in [0.15, 0.2) is 42.5 Å². The number of aromatic carboxylic acids is 1. The molecule has 0 saturated carbocycles. The Hall–Kier alpha value is -2.13. The average molecular weight is 269 g/mol. The lowest BCUT2D eigenvalue weighted by molar-refractivity contribution is 0.0696. The molecule has 1 unspecified atom stereocenters. The Balaban J connectivity index is 2.46. The maximum Gasteiger partial charge on any atom is 0.335 e. The molecular weight excluding hydrogens is 250 g/mol. The van der Waals surface area contributed by atoms with Crippen molar-refractivity contribution in [2.24, 2.45) is 0 Å². The number of hydrogen-bond acceptors (Lipinski definition) is 2. The summed E-state index contributed by atoms with van der Waals surface area (Å²) in [6.07, 6.45) is 0. The Morgan fingerprint density at radius 3 is 2.50 bits per heavy atom. The normalized spacial score (nSPS) is 12.2. The number of carbonyl (C=O) groups is 1. The number of carboxylic acid groups (broad SMARTS) is 1. The molecule has 3 nitrogen and oxygen atoms in total. The van der Waals surface area contributed by atoms with Crippen molar-refractivity contribution in [2.45, 2.75) is 19.9 Å². The number of nitrogens with one attached hydrogen (secondary N) is 1. The first kappa shape index (κ1) is 14.3. The molecule has 2 N–H and O–H groups in total. The Bertz CT molecular complexity index is 635. The lowest BCUT2D eigenvalue weighted by atomic mass is 9.93. The molecule has 0 spiro atoms. The predicted octanol–water partition coefficient (Wildman–Crippen LogP) is 3.31. The van der Waals surface area contributed by atoms with E-state index in [9.17, 15) is 4.79 Å². The fraction of sp³-hybridized carbons (Fsp3) is 0.235. The Morgan fingerprint density at radius 2 is 1.90 bits per heavy atom. The minimum atomic E-state index is -0.901. The van der Waals surface area contributed by atoms with Gasteiger partial charge < -0.3 is 10.4 Å². The van der Waals surface area contributed by atoms with Gasteiger partial charge in [-0.3, -0.25) is 0 Å². The lowest BCUT2D eigenvalue weighted by Gasteiger charge is -2.20. The first-order valence-corrected chi connectivity index (χ1v) is 6.60. The van der Waals surface area contributed by atoms with E-state index in [2.05, 4.69) is 37.4 Å². The van der Waals surface area contributed by atoms with Crippen molar-refractivity contribution in [1.29, 1.82) is 0 Å². The van der Waals surface area contributed by atoms with Gasteiger partial charge in [0.15, 0.2) is 0 Å². The van der Waals surface area contributed by atoms with E-state index in [4.69, 9.17) is 5.11 Å². The van der Waals surface area contributed by atoms with Gasteiger partial charge in [-0.1, -0.05) is 35.9 Å². The zero-order chi connectivity index (χ0) is 14.7. The smallest absolute Gasteiger partial charge is 0.335 e. The molecule has 0 bridgehead atoms. The van der Waals surface area contributed by atoms with Gasteiger partial charge in [0, 0.05) is 0 Å². The second-order valence-electron chi connectivity index (χ2n) is 5.01. The number of hydrogen-bond donors (Lipinski definition) is 2. The lowest BCUT2D eigenvalue weighted by Crippen LogP contribution is -2.19. The molecule has 2 rings (SSSR count). The van der Waals surface area contributed by atoms with E-state index in [1.54, 1.807) is 18.2 Å². The fourth-order valence-corrected chi connectivity index (χ4v) is 2.50. The SMILES string of the molecule is CNC(c1cccc(C(=O)O)c1)c1ccc(C)cc1C. The zero-order valence-corrected chi connectivity index (χ0v) is 12.0. The van der Waals surface area contributed by atoms with Crippen LogP contribution >= 0.6 is 0 Å². The molecule has 0 heterocycles. The summed E-state index contributed by atoms with van der Waals surface area (Å²) in [5, 5.41) is 12.4. The Labute approximate surface area is 119 Å². The summed E-state index contributed by atoms with van der Waals surface area (Å²) in [6, 6.07) is 13.4. The third-order valence-electron chi connectivity index (χ3n) is 3.49. The molecule has 20 heavy (non-hydrogen) atoms. The zero-order valence-electron chi connectivity index (χ0n) is 12.0. The maximum absolute atomic E-state index is 11.1. The fourth-order valence-electron chi connectivity index (χ4n) is 2.50. The summed E-state index contributed by atoms with van der Waals surface area (Å²) >= 11 is 0. The van der Waals surface area contributed by atoms with Gasteiger partial charge in [-0.2, -0.15) is 0 Å². The summed E-state index contributed by atoms with van der Waals surface area (Å²) in [7, 11) is 1.89. The van der Waals surface area contributed by atoms with Crippen LogP contribution in [0.5, 0.6) is 0 Å². The molecule has 0 aromatic heterocycles. The van der Waals surface area contributed by atoms with Crippen LogP contribution in [0.1, 0.15) is 38.7 Å². The molecule has 2 aromatic carbocycles. The van der Waals surface area contributed by atoms with Crippen molar-refractivity contribution in [1.82, 2.24) is 5.32 Å². The highest BCUT2D eigenvalue weighted by Crippen LogP contribution is 2.26. The van der Waals surface area contributed by atoms with E-state index in [0.29, 0.717) is 5.56 Å². The van der Waals surface area contributed by atoms with Gasteiger partial charge in [0.1, 0.15) is 0 Å². The van der Waals surface area contributed by atoms with E-state index in [0.717, 1.165) is 5.56 Å². The molecule has 0 amide bonds. The molecule has 0 fully saturated rings. The molecule has 2 aromatic rings. The van der Waals surface area contributed by atoms with E-state index in [1.165, 1.54) is 16.7 Å². The summed E-state index contributed by atoms with van der Waals surface area (Å²) in [6.45, 7) is 4.14. The van der Waals surface area contributed by atoms with Gasteiger partial charge in [0.05, 0.1) is 11.6 Å². The molecular formula is C17H19NO2. The van der Waals surface area contributed by atoms with Crippen molar-refractivity contribution in [2.75, 3.05) is 7.05 Å². The molecule has 0 radical (unpaired) electrons. The van der Waals surface area contributed by atoms with Gasteiger partial charge in [-0.25, -0.2) is 4.79 Å². The van der Waals surface area contributed by atoms with E-state index >= 15 is 0 Å². The second-order valence-corrected chi connectivity index (χ2v) is 5.01. The van der Waals surface area contributed by atoms with Crippen LogP contribution in [0.3, 0.4) is 0 Å². The number of aryl methyl sites for hydroxylation is 2. The van der Waals surface area contributed by atoms with Crippen LogP contribution in [0.25, 0.3) is 0 Å². The average Bonchev–Trinajstić information content (AvgIpc) is 2.42. The monoisotopic (exact) mass is 269 g/mol. The quantitative estimate of drug-likeness (QED) is 0.895. The van der Waals surface area contributed by atoms with E-state index < -0.39 is 5.97 Å². The number of benzene rings is 2. The van der Waals surface area contributed by atoms with Gasteiger partial charge in [0.25, 0.3) is 0 Å². The predicted molar refractivity (Wildman–Crippen MR) is 80.2 cm³/mol. The first-order valence-electron chi connectivity index (χ1n) is 6.60. The summed E-state index contributed by atoms with van der Waals surface area (Å²) in [5.74, 6) is -0.901. The highest BCUT2D eigenvalue weighted by molar-refractivity contribution is 5.87. The number of rotatable bonds is 4. The molecule has 0 aliphatic rings. The Kier molecular flexibility index (Phi) is 4.20. The van der Waals surface area contributed by atoms with Gasteiger partial charge in [-0.15, -0.1) is 0 Å². The second kappa shape index (κ2) is 5.88. The largest absolute Gasteiger partial charge is 0.478 e. The third-order valence-corrected chi connectivity index (χ3v) is 3.49. The summed E-state index contributed by atoms with van der Waals surface area (Å²) in [5.41, 5.74) is 4.86. The Morgan fingerprint density at radius 1 is 1.15 bits per heavy atom. The van der Waals surface area contributed by atoms with Crippen LogP contribution in [0.4, 0.5) is 0 Å². The van der Waals surface area contributed by atoms with E-state index in [1.807, 2.05) is 13.1 Å². The van der Waals surface area contributed by atoms with Crippen molar-refractivity contribution in [3.63, 3.8) is 0 Å². The van der Waals surface area contributed by atoms with Crippen LogP contribution in [0, 0.1) is 13.8 Å². The van der Waals surface area contributed by atoms with Crippen molar-refractivity contribution < 1.29 is 9.90 Å². The van der Waals surface area contributed by atoms with Crippen molar-refractivity contribution in [3.05, 3.63) is 70.3 Å². The highest BCUT2D eigenvalue weighted by atomic mass is 16.4. The first-order chi connectivity index (χ1) is 9.52. The van der Waals surface area contributed by atoms with Crippen LogP contribution < -0.4 is 5.32 Å². The molecule has 0 aliphatic heterocycles. The molecule has 104 valence electrons. The number of carboxylic acids is 1. The molecule has 3 heteroatoms. The van der Waals surface area contributed by atoms with Gasteiger partial charge in [0.2, 0.25) is 0 Å². The van der Waals surface area contributed by atoms with Crippen LogP contribution in [-0.2, 0) is 0 Å². The highest BCUT2D eigenvalue weighted by Gasteiger charge is 2.15.